The fourth-order valence-corrected chi connectivity index (χ4v) is 4.19. The van der Waals surface area contributed by atoms with Gasteiger partial charge in [0.25, 0.3) is 0 Å². The second kappa shape index (κ2) is 12.2. The van der Waals surface area contributed by atoms with Gasteiger partial charge in [0.1, 0.15) is 18.3 Å². The third kappa shape index (κ3) is 7.78. The fourth-order valence-electron chi connectivity index (χ4n) is 3.35. The van der Waals surface area contributed by atoms with Crippen LogP contribution in [0.2, 0.25) is 0 Å². The fraction of sp³-hybridized carbons (Fsp3) is 0.417. The summed E-state index contributed by atoms with van der Waals surface area (Å²) in [5, 5.41) is 2.81. The van der Waals surface area contributed by atoms with Crippen molar-refractivity contribution in [1.82, 2.24) is 10.2 Å². The van der Waals surface area contributed by atoms with E-state index in [1.54, 1.807) is 31.2 Å². The molecule has 2 aromatic rings. The summed E-state index contributed by atoms with van der Waals surface area (Å²) in [4.78, 5) is 27.5. The summed E-state index contributed by atoms with van der Waals surface area (Å²) in [5.74, 6) is -0.259. The van der Waals surface area contributed by atoms with Crippen molar-refractivity contribution < 1.29 is 22.7 Å². The second-order valence-corrected chi connectivity index (χ2v) is 9.67. The maximum Gasteiger partial charge on any atom is 0.244 e. The molecule has 1 N–H and O–H groups in total. The molecular weight excluding hydrogens is 442 g/mol. The van der Waals surface area contributed by atoms with Crippen LogP contribution in [0.15, 0.2) is 54.6 Å². The van der Waals surface area contributed by atoms with Crippen LogP contribution in [0.25, 0.3) is 0 Å². The molecule has 8 nitrogen and oxygen atoms in total. The topological polar surface area (TPSA) is 96.0 Å². The van der Waals surface area contributed by atoms with Crippen LogP contribution in [0, 0.1) is 0 Å². The molecule has 2 amide bonds. The van der Waals surface area contributed by atoms with Crippen molar-refractivity contribution in [2.75, 3.05) is 37.3 Å². The van der Waals surface area contributed by atoms with Gasteiger partial charge in [0.05, 0.1) is 19.1 Å². The SMILES string of the molecule is CCCNC(=O)[C@H](C)N(CCc1ccccc1)C(=O)CN(c1cccc(OC)c1)S(C)(=O)=O. The molecule has 0 radical (unpaired) electrons. The average Bonchev–Trinajstić information content (AvgIpc) is 2.80. The molecular formula is C24H33N3O5S. The molecule has 2 aromatic carbocycles. The highest BCUT2D eigenvalue weighted by Crippen LogP contribution is 2.23. The van der Waals surface area contributed by atoms with E-state index in [2.05, 4.69) is 5.32 Å². The molecule has 0 aliphatic heterocycles. The Kier molecular flexibility index (Phi) is 9.72. The number of amides is 2. The van der Waals surface area contributed by atoms with Gasteiger partial charge in [0, 0.05) is 19.2 Å². The number of ether oxygens (including phenoxy) is 1. The standard InChI is InChI=1S/C24H33N3O5S/c1-5-15-25-24(29)19(2)26(16-14-20-10-7-6-8-11-20)23(28)18-27(33(4,30)31)21-12-9-13-22(17-21)32-3/h6-13,17,19H,5,14-16,18H2,1-4H3,(H,25,29)/t19-/m0/s1. The molecule has 0 saturated carbocycles. The predicted octanol–water partition coefficient (Wildman–Crippen LogP) is 2.45. The number of hydrogen-bond donors (Lipinski definition) is 1. The lowest BCUT2D eigenvalue weighted by Gasteiger charge is -2.31. The van der Waals surface area contributed by atoms with E-state index in [0.29, 0.717) is 24.4 Å². The molecule has 2 rings (SSSR count). The molecule has 0 spiro atoms. The van der Waals surface area contributed by atoms with Gasteiger partial charge in [-0.05, 0) is 37.5 Å². The van der Waals surface area contributed by atoms with E-state index in [4.69, 9.17) is 4.74 Å². The number of hydrogen-bond acceptors (Lipinski definition) is 5. The normalized spacial score (nSPS) is 12.0. The number of sulfonamides is 1. The summed E-state index contributed by atoms with van der Waals surface area (Å²) in [5.41, 5.74) is 1.33. The number of nitrogens with zero attached hydrogens (tertiary/aromatic N) is 2. The van der Waals surface area contributed by atoms with Crippen molar-refractivity contribution in [3.8, 4) is 5.75 Å². The third-order valence-electron chi connectivity index (χ3n) is 5.22. The first-order chi connectivity index (χ1) is 15.7. The smallest absolute Gasteiger partial charge is 0.244 e. The van der Waals surface area contributed by atoms with Crippen LogP contribution in [-0.4, -0.2) is 64.2 Å². The van der Waals surface area contributed by atoms with E-state index in [1.807, 2.05) is 37.3 Å². The molecule has 0 fully saturated rings. The van der Waals surface area contributed by atoms with Crippen LogP contribution < -0.4 is 14.4 Å². The van der Waals surface area contributed by atoms with Gasteiger partial charge in [-0.25, -0.2) is 8.42 Å². The van der Waals surface area contributed by atoms with Crippen molar-refractivity contribution in [2.24, 2.45) is 0 Å². The van der Waals surface area contributed by atoms with E-state index in [-0.39, 0.29) is 12.5 Å². The van der Waals surface area contributed by atoms with E-state index < -0.39 is 28.5 Å². The van der Waals surface area contributed by atoms with E-state index in [0.717, 1.165) is 22.5 Å². The van der Waals surface area contributed by atoms with Crippen molar-refractivity contribution in [1.29, 1.82) is 0 Å². The molecule has 0 aromatic heterocycles. The quantitative estimate of drug-likeness (QED) is 0.509. The lowest BCUT2D eigenvalue weighted by atomic mass is 10.1. The summed E-state index contributed by atoms with van der Waals surface area (Å²) >= 11 is 0. The molecule has 0 aliphatic rings. The maximum atomic E-state index is 13.4. The zero-order valence-corrected chi connectivity index (χ0v) is 20.5. The zero-order valence-electron chi connectivity index (χ0n) is 19.7. The molecule has 0 saturated heterocycles. The van der Waals surface area contributed by atoms with Crippen molar-refractivity contribution in [3.63, 3.8) is 0 Å². The Labute approximate surface area is 196 Å². The monoisotopic (exact) mass is 475 g/mol. The predicted molar refractivity (Wildman–Crippen MR) is 130 cm³/mol. The average molecular weight is 476 g/mol. The van der Waals surface area contributed by atoms with Crippen molar-refractivity contribution >= 4 is 27.5 Å². The molecule has 33 heavy (non-hydrogen) atoms. The largest absolute Gasteiger partial charge is 0.497 e. The van der Waals surface area contributed by atoms with Gasteiger partial charge in [-0.2, -0.15) is 0 Å². The number of rotatable bonds is 12. The molecule has 0 unspecified atom stereocenters. The molecule has 1 atom stereocenters. The van der Waals surface area contributed by atoms with Gasteiger partial charge in [-0.3, -0.25) is 13.9 Å². The first-order valence-corrected chi connectivity index (χ1v) is 12.7. The molecule has 0 heterocycles. The summed E-state index contributed by atoms with van der Waals surface area (Å²) in [6, 6.07) is 15.4. The van der Waals surface area contributed by atoms with Gasteiger partial charge in [-0.15, -0.1) is 0 Å². The highest BCUT2D eigenvalue weighted by molar-refractivity contribution is 7.92. The number of carbonyl (C=O) groups excluding carboxylic acids is 2. The van der Waals surface area contributed by atoms with Gasteiger partial charge in [0.2, 0.25) is 21.8 Å². The van der Waals surface area contributed by atoms with Gasteiger partial charge < -0.3 is 15.0 Å². The molecule has 0 aliphatic carbocycles. The van der Waals surface area contributed by atoms with Crippen LogP contribution in [0.4, 0.5) is 5.69 Å². The molecule has 0 bridgehead atoms. The zero-order chi connectivity index (χ0) is 24.4. The van der Waals surface area contributed by atoms with Gasteiger partial charge in [-0.1, -0.05) is 43.3 Å². The first-order valence-electron chi connectivity index (χ1n) is 10.9. The minimum atomic E-state index is -3.77. The molecule has 180 valence electrons. The summed E-state index contributed by atoms with van der Waals surface area (Å²) in [6.07, 6.45) is 2.36. The Hall–Kier alpha value is -3.07. The first kappa shape index (κ1) is 26.2. The summed E-state index contributed by atoms with van der Waals surface area (Å²) in [7, 11) is -2.29. The van der Waals surface area contributed by atoms with Crippen molar-refractivity contribution in [3.05, 3.63) is 60.2 Å². The lowest BCUT2D eigenvalue weighted by Crippen LogP contribution is -2.52. The minimum absolute atomic E-state index is 0.273. The maximum absolute atomic E-state index is 13.4. The highest BCUT2D eigenvalue weighted by Gasteiger charge is 2.29. The number of carbonyl (C=O) groups is 2. The van der Waals surface area contributed by atoms with Crippen LogP contribution in [-0.2, 0) is 26.0 Å². The Bertz CT molecular complexity index is 1030. The van der Waals surface area contributed by atoms with Crippen molar-refractivity contribution in [2.45, 2.75) is 32.7 Å². The van der Waals surface area contributed by atoms with Crippen LogP contribution in [0.1, 0.15) is 25.8 Å². The second-order valence-electron chi connectivity index (χ2n) is 7.76. The van der Waals surface area contributed by atoms with E-state index >= 15 is 0 Å². The Morgan fingerprint density at radius 2 is 1.79 bits per heavy atom. The Morgan fingerprint density at radius 1 is 1.09 bits per heavy atom. The third-order valence-corrected chi connectivity index (χ3v) is 6.36. The summed E-state index contributed by atoms with van der Waals surface area (Å²) in [6.45, 7) is 3.96. The number of nitrogens with one attached hydrogen (secondary N) is 1. The van der Waals surface area contributed by atoms with Crippen LogP contribution >= 0.6 is 0 Å². The van der Waals surface area contributed by atoms with Gasteiger partial charge in [0.15, 0.2) is 0 Å². The number of methoxy groups -OCH3 is 1. The Morgan fingerprint density at radius 3 is 2.39 bits per heavy atom. The van der Waals surface area contributed by atoms with Crippen LogP contribution in [0.3, 0.4) is 0 Å². The summed E-state index contributed by atoms with van der Waals surface area (Å²) < 4.78 is 31.3. The van der Waals surface area contributed by atoms with E-state index in [1.165, 1.54) is 12.0 Å². The minimum Gasteiger partial charge on any atom is -0.497 e. The van der Waals surface area contributed by atoms with Crippen LogP contribution in [0.5, 0.6) is 5.75 Å². The number of benzene rings is 2. The van der Waals surface area contributed by atoms with Gasteiger partial charge >= 0.3 is 0 Å². The van der Waals surface area contributed by atoms with E-state index in [9.17, 15) is 18.0 Å². The Balaban J connectivity index is 2.30. The lowest BCUT2D eigenvalue weighted by molar-refractivity contribution is -0.138. The number of anilines is 1. The highest BCUT2D eigenvalue weighted by atomic mass is 32.2. The molecule has 9 heteroatoms.